The van der Waals surface area contributed by atoms with Crippen LogP contribution in [-0.4, -0.2) is 29.5 Å². The number of rotatable bonds is 7. The SMILES string of the molecule is CC(=O)[C@@H]1[C@H](C(C)=O)[C@H](C(=O)NCc2ccccc2)[C@H]1C(=O)OC(C)C. The summed E-state index contributed by atoms with van der Waals surface area (Å²) >= 11 is 0. The van der Waals surface area contributed by atoms with Crippen LogP contribution in [0.2, 0.25) is 0 Å². The molecular formula is C20H25NO5. The first kappa shape index (κ1) is 19.8. The molecule has 4 atom stereocenters. The Balaban J connectivity index is 2.19. The summed E-state index contributed by atoms with van der Waals surface area (Å²) in [6.45, 7) is 6.38. The van der Waals surface area contributed by atoms with Gasteiger partial charge < -0.3 is 10.1 Å². The Morgan fingerprint density at radius 2 is 1.46 bits per heavy atom. The molecule has 1 aromatic rings. The second kappa shape index (κ2) is 8.25. The van der Waals surface area contributed by atoms with E-state index in [4.69, 9.17) is 4.74 Å². The summed E-state index contributed by atoms with van der Waals surface area (Å²) in [5.74, 6) is -4.92. The van der Waals surface area contributed by atoms with Gasteiger partial charge in [-0.15, -0.1) is 0 Å². The minimum Gasteiger partial charge on any atom is -0.463 e. The zero-order chi connectivity index (χ0) is 19.4. The molecule has 0 radical (unpaired) electrons. The van der Waals surface area contributed by atoms with Gasteiger partial charge in [-0.2, -0.15) is 0 Å². The molecule has 140 valence electrons. The molecule has 0 saturated heterocycles. The predicted molar refractivity (Wildman–Crippen MR) is 94.8 cm³/mol. The predicted octanol–water partition coefficient (Wildman–Crippen LogP) is 1.91. The molecule has 0 heterocycles. The van der Waals surface area contributed by atoms with Gasteiger partial charge in [-0.3, -0.25) is 19.2 Å². The maximum absolute atomic E-state index is 12.7. The van der Waals surface area contributed by atoms with Crippen molar-refractivity contribution in [3.63, 3.8) is 0 Å². The van der Waals surface area contributed by atoms with Gasteiger partial charge in [0.25, 0.3) is 0 Å². The average molecular weight is 359 g/mol. The fourth-order valence-electron chi connectivity index (χ4n) is 3.59. The lowest BCUT2D eigenvalue weighted by Crippen LogP contribution is -2.61. The Kier molecular flexibility index (Phi) is 6.29. The molecule has 2 rings (SSSR count). The van der Waals surface area contributed by atoms with Crippen LogP contribution in [0.25, 0.3) is 0 Å². The number of carbonyl (C=O) groups is 4. The van der Waals surface area contributed by atoms with Crippen LogP contribution >= 0.6 is 0 Å². The van der Waals surface area contributed by atoms with Crippen molar-refractivity contribution in [2.75, 3.05) is 0 Å². The van der Waals surface area contributed by atoms with Crippen LogP contribution in [0.4, 0.5) is 0 Å². The summed E-state index contributed by atoms with van der Waals surface area (Å²) in [5, 5.41) is 2.77. The first-order valence-corrected chi connectivity index (χ1v) is 8.77. The molecule has 26 heavy (non-hydrogen) atoms. The van der Waals surface area contributed by atoms with Gasteiger partial charge >= 0.3 is 5.97 Å². The van der Waals surface area contributed by atoms with Crippen molar-refractivity contribution in [2.45, 2.75) is 40.3 Å². The summed E-state index contributed by atoms with van der Waals surface area (Å²) in [7, 11) is 0. The zero-order valence-electron chi connectivity index (χ0n) is 15.5. The largest absolute Gasteiger partial charge is 0.463 e. The number of hydrogen-bond acceptors (Lipinski definition) is 5. The molecular weight excluding hydrogens is 334 g/mol. The smallest absolute Gasteiger partial charge is 0.310 e. The fraction of sp³-hybridized carbons (Fsp3) is 0.500. The maximum Gasteiger partial charge on any atom is 0.310 e. The topological polar surface area (TPSA) is 89.5 Å². The highest BCUT2D eigenvalue weighted by Crippen LogP contribution is 2.48. The molecule has 6 heteroatoms. The van der Waals surface area contributed by atoms with Crippen molar-refractivity contribution in [3.05, 3.63) is 35.9 Å². The minimum absolute atomic E-state index is 0.265. The molecule has 1 aromatic carbocycles. The molecule has 0 aliphatic heterocycles. The Morgan fingerprint density at radius 1 is 0.923 bits per heavy atom. The van der Waals surface area contributed by atoms with Crippen molar-refractivity contribution in [3.8, 4) is 0 Å². The van der Waals surface area contributed by atoms with E-state index in [2.05, 4.69) is 5.32 Å². The van der Waals surface area contributed by atoms with Crippen molar-refractivity contribution in [1.82, 2.24) is 5.32 Å². The number of esters is 1. The van der Waals surface area contributed by atoms with Crippen LogP contribution in [0.15, 0.2) is 30.3 Å². The second-order valence-electron chi connectivity index (χ2n) is 7.01. The Bertz CT molecular complexity index is 697. The van der Waals surface area contributed by atoms with Crippen LogP contribution in [0, 0.1) is 23.7 Å². The van der Waals surface area contributed by atoms with Gasteiger partial charge in [0.2, 0.25) is 5.91 Å². The van der Waals surface area contributed by atoms with Gasteiger partial charge in [-0.1, -0.05) is 30.3 Å². The van der Waals surface area contributed by atoms with E-state index in [0.29, 0.717) is 0 Å². The molecule has 1 aliphatic carbocycles. The van der Waals surface area contributed by atoms with Crippen molar-refractivity contribution >= 4 is 23.4 Å². The molecule has 0 unspecified atom stereocenters. The van der Waals surface area contributed by atoms with Gasteiger partial charge in [0.1, 0.15) is 11.6 Å². The standard InChI is InChI=1S/C20H25NO5/c1-11(2)26-20(25)18-16(13(4)23)15(12(3)22)17(18)19(24)21-10-14-8-6-5-7-9-14/h5-9,11,15-18H,10H2,1-4H3,(H,21,24)/t15-,16+,17-,18-/m0/s1. The van der Waals surface area contributed by atoms with E-state index in [1.807, 2.05) is 30.3 Å². The first-order chi connectivity index (χ1) is 12.2. The van der Waals surface area contributed by atoms with Crippen LogP contribution < -0.4 is 5.32 Å². The van der Waals surface area contributed by atoms with Crippen LogP contribution in [0.5, 0.6) is 0 Å². The summed E-state index contributed by atoms with van der Waals surface area (Å²) in [6.07, 6.45) is -0.362. The summed E-state index contributed by atoms with van der Waals surface area (Å²) in [5.41, 5.74) is 0.906. The third-order valence-electron chi connectivity index (χ3n) is 4.72. The number of Topliss-reactive ketones (excluding diaryl/α,β-unsaturated/α-hetero) is 2. The third kappa shape index (κ3) is 4.18. The van der Waals surface area contributed by atoms with Gasteiger partial charge in [-0.25, -0.2) is 0 Å². The monoisotopic (exact) mass is 359 g/mol. The van der Waals surface area contributed by atoms with Gasteiger partial charge in [-0.05, 0) is 33.3 Å². The lowest BCUT2D eigenvalue weighted by atomic mass is 9.53. The molecule has 1 aliphatic rings. The minimum atomic E-state index is -0.917. The van der Waals surface area contributed by atoms with Crippen molar-refractivity contribution in [2.24, 2.45) is 23.7 Å². The van der Waals surface area contributed by atoms with E-state index in [9.17, 15) is 19.2 Å². The number of hydrogen-bond donors (Lipinski definition) is 1. The summed E-state index contributed by atoms with van der Waals surface area (Å²) in [4.78, 5) is 49.2. The van der Waals surface area contributed by atoms with Crippen molar-refractivity contribution < 1.29 is 23.9 Å². The molecule has 1 amide bonds. The van der Waals surface area contributed by atoms with E-state index in [1.165, 1.54) is 13.8 Å². The van der Waals surface area contributed by atoms with Crippen LogP contribution in [0.3, 0.4) is 0 Å². The lowest BCUT2D eigenvalue weighted by molar-refractivity contribution is -0.179. The quantitative estimate of drug-likeness (QED) is 0.751. The Labute approximate surface area is 153 Å². The van der Waals surface area contributed by atoms with E-state index < -0.39 is 35.5 Å². The van der Waals surface area contributed by atoms with Gasteiger partial charge in [0, 0.05) is 18.4 Å². The van der Waals surface area contributed by atoms with E-state index >= 15 is 0 Å². The molecule has 1 saturated carbocycles. The number of nitrogens with one attached hydrogen (secondary N) is 1. The highest BCUT2D eigenvalue weighted by Gasteiger charge is 2.61. The molecule has 0 aromatic heterocycles. The summed E-state index contributed by atoms with van der Waals surface area (Å²) < 4.78 is 5.22. The molecule has 0 bridgehead atoms. The van der Waals surface area contributed by atoms with E-state index in [0.717, 1.165) is 5.56 Å². The average Bonchev–Trinajstić information content (AvgIpc) is 2.51. The van der Waals surface area contributed by atoms with Crippen LogP contribution in [-0.2, 0) is 30.5 Å². The fourth-order valence-corrected chi connectivity index (χ4v) is 3.59. The molecule has 0 spiro atoms. The normalized spacial score (nSPS) is 24.5. The number of benzene rings is 1. The first-order valence-electron chi connectivity index (χ1n) is 8.77. The molecule has 6 nitrogen and oxygen atoms in total. The molecule has 1 fully saturated rings. The number of ketones is 2. The van der Waals surface area contributed by atoms with Gasteiger partial charge in [0.05, 0.1) is 17.9 Å². The second-order valence-corrected chi connectivity index (χ2v) is 7.01. The number of ether oxygens (including phenoxy) is 1. The molecule has 1 N–H and O–H groups in total. The van der Waals surface area contributed by atoms with Crippen molar-refractivity contribution in [1.29, 1.82) is 0 Å². The lowest BCUT2D eigenvalue weighted by Gasteiger charge is -2.47. The van der Waals surface area contributed by atoms with Crippen LogP contribution in [0.1, 0.15) is 33.3 Å². The van der Waals surface area contributed by atoms with E-state index in [-0.39, 0.29) is 24.2 Å². The summed E-state index contributed by atoms with van der Waals surface area (Å²) in [6, 6.07) is 9.33. The Morgan fingerprint density at radius 3 is 1.96 bits per heavy atom. The van der Waals surface area contributed by atoms with E-state index in [1.54, 1.807) is 13.8 Å². The third-order valence-corrected chi connectivity index (χ3v) is 4.72. The highest BCUT2D eigenvalue weighted by atomic mass is 16.5. The maximum atomic E-state index is 12.7. The Hall–Kier alpha value is -2.50. The number of amides is 1. The number of carbonyl (C=O) groups excluding carboxylic acids is 4. The zero-order valence-corrected chi connectivity index (χ0v) is 15.5. The van der Waals surface area contributed by atoms with Gasteiger partial charge in [0.15, 0.2) is 0 Å². The highest BCUT2D eigenvalue weighted by molar-refractivity contribution is 6.01.